The van der Waals surface area contributed by atoms with E-state index in [-0.39, 0.29) is 24.8 Å². The molecule has 1 aliphatic rings. The van der Waals surface area contributed by atoms with Gasteiger partial charge >= 0.3 is 12.1 Å². The summed E-state index contributed by atoms with van der Waals surface area (Å²) in [6.45, 7) is 1.35. The molecule has 0 aliphatic heterocycles. The van der Waals surface area contributed by atoms with E-state index in [1.807, 2.05) is 43.3 Å². The summed E-state index contributed by atoms with van der Waals surface area (Å²) in [7, 11) is 3.77. The first-order chi connectivity index (χ1) is 19.0. The minimum atomic E-state index is -5.06. The van der Waals surface area contributed by atoms with Crippen molar-refractivity contribution in [3.63, 3.8) is 0 Å². The van der Waals surface area contributed by atoms with E-state index in [9.17, 15) is 26.7 Å². The van der Waals surface area contributed by atoms with Crippen LogP contribution >= 0.6 is 0 Å². The summed E-state index contributed by atoms with van der Waals surface area (Å²) in [5, 5.41) is 4.22. The number of anilines is 2. The highest BCUT2D eigenvalue weighted by atomic mass is 19.4. The van der Waals surface area contributed by atoms with Crippen LogP contribution in [0.1, 0.15) is 39.0 Å². The molecule has 1 saturated carbocycles. The second-order valence-corrected chi connectivity index (χ2v) is 10.1. The van der Waals surface area contributed by atoms with Crippen LogP contribution in [0.25, 0.3) is 10.9 Å². The average molecular weight is 566 g/mol. The number of rotatable bonds is 9. The Kier molecular flexibility index (Phi) is 8.95. The quantitative estimate of drug-likeness (QED) is 0.324. The number of carbonyl (C=O) groups excluding carboxylic acids is 1. The SMILES string of the molecule is CCC(CN(C(=O)C(F)(F)F)C1CCC(Nc2nc(N(C)C)c3ccccc3n2)CC1)Oc1ccc(F)c(F)c1. The summed E-state index contributed by atoms with van der Waals surface area (Å²) in [6, 6.07) is 9.78. The molecule has 0 spiro atoms. The highest BCUT2D eigenvalue weighted by Gasteiger charge is 2.45. The van der Waals surface area contributed by atoms with Gasteiger partial charge in [0.05, 0.1) is 12.1 Å². The van der Waals surface area contributed by atoms with Crippen molar-refractivity contribution >= 4 is 28.6 Å². The summed E-state index contributed by atoms with van der Waals surface area (Å²) in [4.78, 5) is 24.4. The van der Waals surface area contributed by atoms with Gasteiger partial charge in [-0.3, -0.25) is 4.79 Å². The lowest BCUT2D eigenvalue weighted by Crippen LogP contribution is -2.52. The molecule has 1 heterocycles. The number of nitrogens with one attached hydrogen (secondary N) is 1. The van der Waals surface area contributed by atoms with Crippen LogP contribution in [0.4, 0.5) is 33.7 Å². The normalized spacial score (nSPS) is 18.3. The van der Waals surface area contributed by atoms with E-state index in [1.165, 1.54) is 6.07 Å². The van der Waals surface area contributed by atoms with Gasteiger partial charge in [0.1, 0.15) is 17.7 Å². The lowest BCUT2D eigenvalue weighted by Gasteiger charge is -2.39. The van der Waals surface area contributed by atoms with Gasteiger partial charge in [-0.25, -0.2) is 13.8 Å². The molecule has 1 aromatic heterocycles. The molecule has 1 unspecified atom stereocenters. The Bertz CT molecular complexity index is 1330. The minimum Gasteiger partial charge on any atom is -0.488 e. The Morgan fingerprint density at radius 1 is 1.05 bits per heavy atom. The van der Waals surface area contributed by atoms with Gasteiger partial charge in [0.2, 0.25) is 5.95 Å². The molecule has 40 heavy (non-hydrogen) atoms. The van der Waals surface area contributed by atoms with E-state index in [4.69, 9.17) is 4.74 Å². The molecule has 7 nitrogen and oxygen atoms in total. The van der Waals surface area contributed by atoms with Crippen molar-refractivity contribution in [2.75, 3.05) is 30.9 Å². The maximum absolute atomic E-state index is 13.6. The predicted molar refractivity (Wildman–Crippen MR) is 142 cm³/mol. The number of carbonyl (C=O) groups is 1. The van der Waals surface area contributed by atoms with Crippen LogP contribution in [-0.4, -0.2) is 65.8 Å². The number of para-hydroxylation sites is 1. The third-order valence-electron chi connectivity index (χ3n) is 7.03. The van der Waals surface area contributed by atoms with Crippen molar-refractivity contribution in [3.8, 4) is 5.75 Å². The number of benzene rings is 2. The number of halogens is 5. The minimum absolute atomic E-state index is 0.0226. The molecule has 1 amide bonds. The van der Waals surface area contributed by atoms with Gasteiger partial charge in [-0.2, -0.15) is 18.2 Å². The fraction of sp³-hybridized carbons (Fsp3) is 0.464. The zero-order valence-electron chi connectivity index (χ0n) is 22.5. The van der Waals surface area contributed by atoms with Crippen LogP contribution in [0.5, 0.6) is 5.75 Å². The molecule has 12 heteroatoms. The van der Waals surface area contributed by atoms with Crippen molar-refractivity contribution in [2.45, 2.75) is 63.4 Å². The number of aromatic nitrogens is 2. The zero-order valence-corrected chi connectivity index (χ0v) is 22.5. The van der Waals surface area contributed by atoms with E-state index in [1.54, 1.807) is 6.92 Å². The highest BCUT2D eigenvalue weighted by molar-refractivity contribution is 5.90. The summed E-state index contributed by atoms with van der Waals surface area (Å²) in [5.74, 6) is -2.98. The Hall–Kier alpha value is -3.70. The number of ether oxygens (including phenoxy) is 1. The van der Waals surface area contributed by atoms with Crippen LogP contribution in [0.2, 0.25) is 0 Å². The first-order valence-electron chi connectivity index (χ1n) is 13.2. The molecule has 1 fully saturated rings. The van der Waals surface area contributed by atoms with Crippen molar-refractivity contribution in [2.24, 2.45) is 0 Å². The second kappa shape index (κ2) is 12.2. The van der Waals surface area contributed by atoms with Gasteiger partial charge in [0.15, 0.2) is 11.6 Å². The molecule has 0 saturated heterocycles. The number of hydrogen-bond acceptors (Lipinski definition) is 6. The van der Waals surface area contributed by atoms with Gasteiger partial charge < -0.3 is 19.9 Å². The largest absolute Gasteiger partial charge is 0.488 e. The van der Waals surface area contributed by atoms with Crippen LogP contribution < -0.4 is 15.0 Å². The maximum Gasteiger partial charge on any atom is 0.471 e. The summed E-state index contributed by atoms with van der Waals surface area (Å²) in [6.07, 6.45) is -3.99. The Balaban J connectivity index is 1.45. The predicted octanol–water partition coefficient (Wildman–Crippen LogP) is 5.95. The molecule has 3 aromatic rings. The highest BCUT2D eigenvalue weighted by Crippen LogP contribution is 2.31. The number of alkyl halides is 3. The summed E-state index contributed by atoms with van der Waals surface area (Å²) in [5.41, 5.74) is 0.769. The molecule has 0 radical (unpaired) electrons. The number of nitrogens with zero attached hydrogens (tertiary/aromatic N) is 4. The first-order valence-corrected chi connectivity index (χ1v) is 13.2. The van der Waals surface area contributed by atoms with Crippen molar-refractivity contribution in [3.05, 3.63) is 54.1 Å². The van der Waals surface area contributed by atoms with E-state index < -0.39 is 35.9 Å². The maximum atomic E-state index is 13.6. The van der Waals surface area contributed by atoms with Gasteiger partial charge in [-0.15, -0.1) is 0 Å². The van der Waals surface area contributed by atoms with Gasteiger partial charge in [0.25, 0.3) is 0 Å². The molecular formula is C28H32F5N5O2. The first kappa shape index (κ1) is 29.3. The van der Waals surface area contributed by atoms with Gasteiger partial charge in [-0.05, 0) is 56.4 Å². The zero-order chi connectivity index (χ0) is 29.0. The molecule has 216 valence electrons. The number of amides is 1. The van der Waals surface area contributed by atoms with Crippen molar-refractivity contribution in [1.29, 1.82) is 0 Å². The van der Waals surface area contributed by atoms with Crippen LogP contribution in [0, 0.1) is 11.6 Å². The molecule has 0 bridgehead atoms. The topological polar surface area (TPSA) is 70.6 Å². The third kappa shape index (κ3) is 6.89. The molecular weight excluding hydrogens is 533 g/mol. The standard InChI is InChI=1S/C28H32F5N5O2/c1-4-19(40-20-13-14-22(29)23(30)15-20)16-38(26(39)28(31,32)33)18-11-9-17(10-12-18)34-27-35-24-8-6-5-7-21(24)25(36-27)37(2)3/h5-8,13-15,17-19H,4,9-12,16H2,1-3H3,(H,34,35,36). The Morgan fingerprint density at radius 2 is 1.75 bits per heavy atom. The molecule has 4 rings (SSSR count). The van der Waals surface area contributed by atoms with E-state index in [0.717, 1.165) is 33.8 Å². The van der Waals surface area contributed by atoms with Gasteiger partial charge in [0, 0.05) is 37.6 Å². The van der Waals surface area contributed by atoms with E-state index in [0.29, 0.717) is 31.6 Å². The Labute approximate surface area is 229 Å². The average Bonchev–Trinajstić information content (AvgIpc) is 2.92. The smallest absolute Gasteiger partial charge is 0.471 e. The second-order valence-electron chi connectivity index (χ2n) is 10.1. The third-order valence-corrected chi connectivity index (χ3v) is 7.03. The molecule has 1 atom stereocenters. The van der Waals surface area contributed by atoms with Crippen LogP contribution in [0.15, 0.2) is 42.5 Å². The van der Waals surface area contributed by atoms with Crippen LogP contribution in [-0.2, 0) is 4.79 Å². The van der Waals surface area contributed by atoms with E-state index >= 15 is 0 Å². The molecule has 2 aromatic carbocycles. The summed E-state index contributed by atoms with van der Waals surface area (Å²) < 4.78 is 73.3. The molecule has 1 aliphatic carbocycles. The fourth-order valence-electron chi connectivity index (χ4n) is 4.95. The lowest BCUT2D eigenvalue weighted by molar-refractivity contribution is -0.189. The summed E-state index contributed by atoms with van der Waals surface area (Å²) >= 11 is 0. The van der Waals surface area contributed by atoms with Crippen LogP contribution in [0.3, 0.4) is 0 Å². The molecule has 1 N–H and O–H groups in total. The number of hydrogen-bond donors (Lipinski definition) is 1. The van der Waals surface area contributed by atoms with Crippen molar-refractivity contribution in [1.82, 2.24) is 14.9 Å². The fourth-order valence-corrected chi connectivity index (χ4v) is 4.95. The number of fused-ring (bicyclic) bond motifs is 1. The van der Waals surface area contributed by atoms with E-state index in [2.05, 4.69) is 15.3 Å². The monoisotopic (exact) mass is 565 g/mol. The van der Waals surface area contributed by atoms with Crippen molar-refractivity contribution < 1.29 is 31.5 Å². The van der Waals surface area contributed by atoms with Gasteiger partial charge in [-0.1, -0.05) is 19.1 Å². The lowest BCUT2D eigenvalue weighted by atomic mass is 9.89. The Morgan fingerprint density at radius 3 is 2.38 bits per heavy atom.